The lowest BCUT2D eigenvalue weighted by Crippen LogP contribution is -2.25. The standard InChI is InChI=1S/C27H27BrN4O5/c1-4-35-24-12-20(10-11-23(24)36-15-19-8-6-5-7-9-19)14-30-32-25(33)17-37-27-21(13-29)22(16-34-3)26(28)18(2)31-27/h5-12,14H,4,15-17H2,1-3H3,(H,32,33)/b30-14-. The van der Waals surface area contributed by atoms with Crippen molar-refractivity contribution in [2.75, 3.05) is 20.3 Å². The summed E-state index contributed by atoms with van der Waals surface area (Å²) in [6.45, 7) is 4.35. The molecule has 0 aliphatic carbocycles. The molecule has 1 amide bonds. The van der Waals surface area contributed by atoms with Gasteiger partial charge in [0.05, 0.1) is 25.1 Å². The smallest absolute Gasteiger partial charge is 0.278 e. The number of carbonyl (C=O) groups excluding carboxylic acids is 1. The summed E-state index contributed by atoms with van der Waals surface area (Å²) in [5.41, 5.74) is 5.58. The number of nitriles is 1. The fourth-order valence-corrected chi connectivity index (χ4v) is 3.69. The molecule has 2 aromatic carbocycles. The topological polar surface area (TPSA) is 115 Å². The molecule has 0 radical (unpaired) electrons. The highest BCUT2D eigenvalue weighted by atomic mass is 79.9. The number of nitrogens with zero attached hydrogens (tertiary/aromatic N) is 3. The quantitative estimate of drug-likeness (QED) is 0.250. The molecule has 3 aromatic rings. The van der Waals surface area contributed by atoms with Crippen LogP contribution in [-0.4, -0.2) is 37.4 Å². The molecule has 0 unspecified atom stereocenters. The van der Waals surface area contributed by atoms with Gasteiger partial charge in [0.1, 0.15) is 18.2 Å². The Labute approximate surface area is 224 Å². The van der Waals surface area contributed by atoms with E-state index in [4.69, 9.17) is 18.9 Å². The molecule has 0 saturated heterocycles. The number of benzene rings is 2. The van der Waals surface area contributed by atoms with Crippen LogP contribution in [0.3, 0.4) is 0 Å². The molecule has 0 aliphatic rings. The number of halogens is 1. The van der Waals surface area contributed by atoms with Gasteiger partial charge < -0.3 is 18.9 Å². The maximum atomic E-state index is 12.3. The van der Waals surface area contributed by atoms with E-state index in [-0.39, 0.29) is 24.7 Å². The average molecular weight is 567 g/mol. The monoisotopic (exact) mass is 566 g/mol. The van der Waals surface area contributed by atoms with Gasteiger partial charge in [-0.1, -0.05) is 30.3 Å². The molecule has 0 saturated carbocycles. The van der Waals surface area contributed by atoms with Gasteiger partial charge in [0.15, 0.2) is 18.1 Å². The summed E-state index contributed by atoms with van der Waals surface area (Å²) in [4.78, 5) is 16.5. The predicted molar refractivity (Wildman–Crippen MR) is 142 cm³/mol. The van der Waals surface area contributed by atoms with Crippen LogP contribution >= 0.6 is 15.9 Å². The first-order valence-electron chi connectivity index (χ1n) is 11.4. The molecule has 1 N–H and O–H groups in total. The second-order valence-corrected chi connectivity index (χ2v) is 8.50. The Bertz CT molecular complexity index is 1290. The van der Waals surface area contributed by atoms with E-state index in [1.807, 2.05) is 37.3 Å². The summed E-state index contributed by atoms with van der Waals surface area (Å²) >= 11 is 3.42. The molecule has 0 aliphatic heterocycles. The first kappa shape index (κ1) is 27.6. The number of aryl methyl sites for hydroxylation is 1. The Morgan fingerprint density at radius 1 is 1.14 bits per heavy atom. The minimum atomic E-state index is -0.511. The van der Waals surface area contributed by atoms with E-state index in [2.05, 4.69) is 37.5 Å². The summed E-state index contributed by atoms with van der Waals surface area (Å²) in [5.74, 6) is 0.730. The molecule has 0 atom stereocenters. The fourth-order valence-electron chi connectivity index (χ4n) is 3.29. The van der Waals surface area contributed by atoms with Gasteiger partial charge >= 0.3 is 0 Å². The van der Waals surface area contributed by atoms with Crippen molar-refractivity contribution in [2.24, 2.45) is 5.10 Å². The Kier molecular flexibility index (Phi) is 10.4. The van der Waals surface area contributed by atoms with Gasteiger partial charge in [0.25, 0.3) is 5.91 Å². The van der Waals surface area contributed by atoms with E-state index in [1.165, 1.54) is 13.3 Å². The molecule has 0 fully saturated rings. The Balaban J connectivity index is 1.61. The zero-order chi connectivity index (χ0) is 26.6. The van der Waals surface area contributed by atoms with E-state index < -0.39 is 5.91 Å². The van der Waals surface area contributed by atoms with Gasteiger partial charge in [-0.05, 0) is 59.1 Å². The second-order valence-electron chi connectivity index (χ2n) is 7.71. The van der Waals surface area contributed by atoms with Gasteiger partial charge in [-0.2, -0.15) is 10.4 Å². The second kappa shape index (κ2) is 14.0. The summed E-state index contributed by atoms with van der Waals surface area (Å²) in [7, 11) is 1.53. The molecular formula is C27H27BrN4O5. The van der Waals surface area contributed by atoms with Gasteiger partial charge in [0, 0.05) is 17.1 Å². The Morgan fingerprint density at radius 2 is 1.92 bits per heavy atom. The van der Waals surface area contributed by atoms with Crippen LogP contribution in [0, 0.1) is 18.3 Å². The molecular weight excluding hydrogens is 540 g/mol. The zero-order valence-electron chi connectivity index (χ0n) is 20.8. The number of hydrogen-bond donors (Lipinski definition) is 1. The number of rotatable bonds is 12. The number of hydrazone groups is 1. The lowest BCUT2D eigenvalue weighted by Gasteiger charge is -2.13. The molecule has 37 heavy (non-hydrogen) atoms. The third-order valence-corrected chi connectivity index (χ3v) is 6.07. The van der Waals surface area contributed by atoms with Gasteiger partial charge in [-0.25, -0.2) is 10.4 Å². The van der Waals surface area contributed by atoms with E-state index in [0.29, 0.717) is 46.0 Å². The number of pyridine rings is 1. The molecule has 192 valence electrons. The molecule has 10 heteroatoms. The van der Waals surface area contributed by atoms with Crippen LogP contribution in [0.4, 0.5) is 0 Å². The minimum absolute atomic E-state index is 0.0572. The lowest BCUT2D eigenvalue weighted by atomic mass is 10.1. The molecule has 1 aromatic heterocycles. The zero-order valence-corrected chi connectivity index (χ0v) is 22.4. The van der Waals surface area contributed by atoms with Gasteiger partial charge in [-0.15, -0.1) is 0 Å². The van der Waals surface area contributed by atoms with Crippen molar-refractivity contribution in [3.05, 3.63) is 81.0 Å². The highest BCUT2D eigenvalue weighted by molar-refractivity contribution is 9.10. The van der Waals surface area contributed by atoms with Crippen LogP contribution in [0.2, 0.25) is 0 Å². The fraction of sp³-hybridized carbons (Fsp3) is 0.259. The maximum Gasteiger partial charge on any atom is 0.278 e. The van der Waals surface area contributed by atoms with Crippen LogP contribution in [0.1, 0.15) is 34.9 Å². The maximum absolute atomic E-state index is 12.3. The van der Waals surface area contributed by atoms with Crippen molar-refractivity contribution in [3.8, 4) is 23.4 Å². The van der Waals surface area contributed by atoms with Crippen molar-refractivity contribution in [3.63, 3.8) is 0 Å². The molecule has 9 nitrogen and oxygen atoms in total. The summed E-state index contributed by atoms with van der Waals surface area (Å²) in [5, 5.41) is 13.5. The SMILES string of the molecule is CCOc1cc(/C=N\NC(=O)COc2nc(C)c(Br)c(COC)c2C#N)ccc1OCc1ccccc1. The molecule has 3 rings (SSSR count). The lowest BCUT2D eigenvalue weighted by molar-refractivity contribution is -0.123. The first-order valence-corrected chi connectivity index (χ1v) is 12.2. The highest BCUT2D eigenvalue weighted by Gasteiger charge is 2.18. The number of ether oxygens (including phenoxy) is 4. The summed E-state index contributed by atoms with van der Waals surface area (Å²) < 4.78 is 23.0. The van der Waals surface area contributed by atoms with Crippen molar-refractivity contribution < 1.29 is 23.7 Å². The number of carbonyl (C=O) groups is 1. The molecule has 0 spiro atoms. The third-order valence-electron chi connectivity index (χ3n) is 5.02. The first-order chi connectivity index (χ1) is 18.0. The predicted octanol–water partition coefficient (Wildman–Crippen LogP) is 4.68. The van der Waals surface area contributed by atoms with Gasteiger partial charge in [-0.3, -0.25) is 4.79 Å². The number of nitrogens with one attached hydrogen (secondary N) is 1. The number of amides is 1. The highest BCUT2D eigenvalue weighted by Crippen LogP contribution is 2.30. The molecule has 1 heterocycles. The van der Waals surface area contributed by atoms with Crippen LogP contribution in [0.5, 0.6) is 17.4 Å². The summed E-state index contributed by atoms with van der Waals surface area (Å²) in [6.07, 6.45) is 1.49. The number of hydrogen-bond acceptors (Lipinski definition) is 8. The normalized spacial score (nSPS) is 10.7. The van der Waals surface area contributed by atoms with Gasteiger partial charge in [0.2, 0.25) is 5.88 Å². The van der Waals surface area contributed by atoms with E-state index in [0.717, 1.165) is 5.56 Å². The summed E-state index contributed by atoms with van der Waals surface area (Å²) in [6, 6.07) is 17.3. The van der Waals surface area contributed by atoms with E-state index in [1.54, 1.807) is 25.1 Å². The Morgan fingerprint density at radius 3 is 2.62 bits per heavy atom. The molecule has 0 bridgehead atoms. The average Bonchev–Trinajstić information content (AvgIpc) is 2.90. The van der Waals surface area contributed by atoms with Crippen LogP contribution in [-0.2, 0) is 22.7 Å². The van der Waals surface area contributed by atoms with Crippen LogP contribution < -0.4 is 19.6 Å². The van der Waals surface area contributed by atoms with Crippen molar-refractivity contribution in [1.29, 1.82) is 5.26 Å². The number of aromatic nitrogens is 1. The van der Waals surface area contributed by atoms with Crippen LogP contribution in [0.25, 0.3) is 0 Å². The van der Waals surface area contributed by atoms with E-state index >= 15 is 0 Å². The van der Waals surface area contributed by atoms with E-state index in [9.17, 15) is 10.1 Å². The van der Waals surface area contributed by atoms with Crippen molar-refractivity contribution in [2.45, 2.75) is 27.1 Å². The minimum Gasteiger partial charge on any atom is -0.490 e. The number of methoxy groups -OCH3 is 1. The van der Waals surface area contributed by atoms with Crippen LogP contribution in [0.15, 0.2) is 58.1 Å². The van der Waals surface area contributed by atoms with Crippen molar-refractivity contribution >= 4 is 28.1 Å². The van der Waals surface area contributed by atoms with Crippen molar-refractivity contribution in [1.82, 2.24) is 10.4 Å². The largest absolute Gasteiger partial charge is 0.490 e. The third kappa shape index (κ3) is 7.77. The Hall–Kier alpha value is -3.94.